The van der Waals surface area contributed by atoms with E-state index in [9.17, 15) is 9.79 Å². The van der Waals surface area contributed by atoms with Crippen molar-refractivity contribution in [1.29, 1.82) is 0 Å². The molecule has 0 aliphatic carbocycles. The molecular formula is C23H43O3PS. The molecule has 0 heterocycles. The molecule has 0 saturated heterocycles. The Morgan fingerprint density at radius 3 is 1.71 bits per heavy atom. The summed E-state index contributed by atoms with van der Waals surface area (Å²) in [5, 5.41) is 0. The molecule has 164 valence electrons. The second-order valence-electron chi connectivity index (χ2n) is 7.83. The summed E-state index contributed by atoms with van der Waals surface area (Å²) in [6.07, 6.45) is 18.4. The van der Waals surface area contributed by atoms with E-state index in [0.717, 1.165) is 23.3 Å². The van der Waals surface area contributed by atoms with Crippen LogP contribution < -0.4 is 0 Å². The van der Waals surface area contributed by atoms with E-state index < -0.39 is 6.72 Å². The van der Waals surface area contributed by atoms with Crippen LogP contribution in [-0.2, 0) is 15.5 Å². The lowest BCUT2D eigenvalue weighted by atomic mass is 10.0. The van der Waals surface area contributed by atoms with Crippen LogP contribution >= 0.6 is 6.72 Å². The van der Waals surface area contributed by atoms with Gasteiger partial charge in [0.05, 0.1) is 6.61 Å². The van der Waals surface area contributed by atoms with E-state index in [0.29, 0.717) is 17.5 Å². The van der Waals surface area contributed by atoms with Crippen LogP contribution in [0.2, 0.25) is 0 Å². The van der Waals surface area contributed by atoms with Gasteiger partial charge < -0.3 is 14.3 Å². The number of aryl methyl sites for hydroxylation is 1. The molecule has 0 fully saturated rings. The summed E-state index contributed by atoms with van der Waals surface area (Å²) in [5.74, 6) is 0. The molecule has 0 radical (unpaired) electrons. The highest BCUT2D eigenvalue weighted by Crippen LogP contribution is 2.41. The monoisotopic (exact) mass is 430 g/mol. The Morgan fingerprint density at radius 1 is 0.750 bits per heavy atom. The van der Waals surface area contributed by atoms with Gasteiger partial charge in [-0.25, -0.2) is 0 Å². The molecule has 0 aromatic heterocycles. The van der Waals surface area contributed by atoms with E-state index in [1.54, 1.807) is 0 Å². The van der Waals surface area contributed by atoms with Crippen molar-refractivity contribution >= 4 is 17.7 Å². The van der Waals surface area contributed by atoms with Crippen molar-refractivity contribution < 1.29 is 14.3 Å². The molecule has 28 heavy (non-hydrogen) atoms. The first-order chi connectivity index (χ1) is 13.5. The number of thiol groups is 1. The lowest BCUT2D eigenvalue weighted by Crippen LogP contribution is -1.95. The second-order valence-corrected chi connectivity index (χ2v) is 12.0. The maximum absolute atomic E-state index is 10.1. The highest BCUT2D eigenvalue weighted by Gasteiger charge is 2.10. The molecule has 0 saturated carbocycles. The zero-order valence-corrected chi connectivity index (χ0v) is 19.9. The van der Waals surface area contributed by atoms with Crippen molar-refractivity contribution in [3.63, 3.8) is 0 Å². The van der Waals surface area contributed by atoms with Crippen LogP contribution in [0.3, 0.4) is 0 Å². The summed E-state index contributed by atoms with van der Waals surface area (Å²) in [6, 6.07) is 7.78. The molecule has 2 N–H and O–H groups in total. The van der Waals surface area contributed by atoms with E-state index in [1.165, 1.54) is 77.0 Å². The van der Waals surface area contributed by atoms with Crippen molar-refractivity contribution in [3.8, 4) is 0 Å². The zero-order chi connectivity index (χ0) is 20.5. The third-order valence-corrected chi connectivity index (χ3v) is 8.40. The number of hydrogen-bond acceptors (Lipinski definition) is 1. The van der Waals surface area contributed by atoms with E-state index in [4.69, 9.17) is 4.52 Å². The van der Waals surface area contributed by atoms with E-state index in [1.807, 2.05) is 31.2 Å². The topological polar surface area (TPSA) is 49.7 Å². The van der Waals surface area contributed by atoms with Crippen LogP contribution in [0.25, 0.3) is 0 Å². The van der Waals surface area contributed by atoms with Crippen molar-refractivity contribution in [2.75, 3.05) is 6.61 Å². The quantitative estimate of drug-likeness (QED) is 0.138. The molecule has 0 aliphatic heterocycles. The van der Waals surface area contributed by atoms with Crippen LogP contribution in [0, 0.1) is 6.92 Å². The molecule has 3 nitrogen and oxygen atoms in total. The third kappa shape index (κ3) is 14.0. The number of hydrogen-bond donors (Lipinski definition) is 3. The highest BCUT2D eigenvalue weighted by atomic mass is 32.5. The lowest BCUT2D eigenvalue weighted by Gasteiger charge is -2.13. The molecule has 1 aromatic carbocycles. The smallest absolute Gasteiger partial charge is 0.281 e. The van der Waals surface area contributed by atoms with Crippen LogP contribution in [0.5, 0.6) is 0 Å². The number of unbranched alkanes of at least 4 members (excludes halogenated alkanes) is 13. The molecule has 5 heteroatoms. The molecule has 0 atom stereocenters. The van der Waals surface area contributed by atoms with Gasteiger partial charge in [-0.1, -0.05) is 120 Å². The number of rotatable bonds is 17. The Kier molecular flexibility index (Phi) is 15.4. The van der Waals surface area contributed by atoms with Crippen molar-refractivity contribution in [3.05, 3.63) is 29.8 Å². The molecular weight excluding hydrogens is 387 g/mol. The van der Waals surface area contributed by atoms with Gasteiger partial charge in [0.25, 0.3) is 6.72 Å². The number of benzene rings is 1. The highest BCUT2D eigenvalue weighted by molar-refractivity contribution is 8.16. The fraction of sp³-hybridized carbons (Fsp3) is 0.739. The molecule has 0 aliphatic rings. The maximum Gasteiger partial charge on any atom is 0.281 e. The maximum atomic E-state index is 10.1. The minimum Gasteiger partial charge on any atom is -0.328 e. The zero-order valence-electron chi connectivity index (χ0n) is 18.1. The van der Waals surface area contributed by atoms with Crippen molar-refractivity contribution in [1.82, 2.24) is 0 Å². The van der Waals surface area contributed by atoms with Gasteiger partial charge in [0, 0.05) is 4.90 Å². The Bertz CT molecular complexity index is 557. The van der Waals surface area contributed by atoms with Crippen LogP contribution in [-0.4, -0.2) is 16.4 Å². The summed E-state index contributed by atoms with van der Waals surface area (Å²) in [7, 11) is 0.500. The summed E-state index contributed by atoms with van der Waals surface area (Å²) in [6.45, 7) is 1.39. The van der Waals surface area contributed by atoms with Gasteiger partial charge in [-0.2, -0.15) is 0 Å². The molecule has 0 unspecified atom stereocenters. The Balaban J connectivity index is 1.95. The molecule has 0 bridgehead atoms. The minimum atomic E-state index is -3.31. The fourth-order valence-electron chi connectivity index (χ4n) is 3.33. The van der Waals surface area contributed by atoms with E-state index in [-0.39, 0.29) is 0 Å². The average Bonchev–Trinajstić information content (AvgIpc) is 2.66. The van der Waals surface area contributed by atoms with Gasteiger partial charge >= 0.3 is 0 Å². The molecule has 0 spiro atoms. The largest absolute Gasteiger partial charge is 0.328 e. The minimum absolute atomic E-state index is 0.442. The first-order valence-electron chi connectivity index (χ1n) is 11.3. The molecule has 1 rings (SSSR count). The Morgan fingerprint density at radius 2 is 1.21 bits per heavy atom. The second kappa shape index (κ2) is 16.7. The fourth-order valence-corrected chi connectivity index (χ4v) is 6.36. The lowest BCUT2D eigenvalue weighted by molar-refractivity contribution is 0.245. The van der Waals surface area contributed by atoms with Gasteiger partial charge in [0.2, 0.25) is 0 Å². The summed E-state index contributed by atoms with van der Waals surface area (Å²) >= 11 is 0. The van der Waals surface area contributed by atoms with Gasteiger partial charge in [-0.15, -0.1) is 0 Å². The van der Waals surface area contributed by atoms with Crippen LogP contribution in [0.15, 0.2) is 29.2 Å². The van der Waals surface area contributed by atoms with Gasteiger partial charge in [-0.3, -0.25) is 0 Å². The van der Waals surface area contributed by atoms with Crippen LogP contribution in [0.4, 0.5) is 0 Å². The SMILES string of the molecule is CCCCCCCCCCCCCCCCOP(O)(O)=[SH]c1ccccc1C. The standard InChI is InChI=1S/C23H43O3PS/c1-3-4-5-6-7-8-9-10-11-12-13-14-15-18-21-26-27(24,25)28-23-20-17-16-19-22(23)2/h16-17,19-20,24-25,28H,3-15,18,21H2,1-2H3. The van der Waals surface area contributed by atoms with Gasteiger partial charge in [0.15, 0.2) is 0 Å². The van der Waals surface area contributed by atoms with E-state index >= 15 is 0 Å². The predicted octanol–water partition coefficient (Wildman–Crippen LogP) is 7.33. The van der Waals surface area contributed by atoms with Gasteiger partial charge in [0.1, 0.15) is 0 Å². The van der Waals surface area contributed by atoms with Crippen molar-refractivity contribution in [2.45, 2.75) is 109 Å². The first-order valence-corrected chi connectivity index (χ1v) is 14.5. The predicted molar refractivity (Wildman–Crippen MR) is 126 cm³/mol. The summed E-state index contributed by atoms with van der Waals surface area (Å²) in [5.41, 5.74) is 1.07. The Hall–Kier alpha value is -0.120. The average molecular weight is 431 g/mol. The molecule has 0 amide bonds. The normalized spacial score (nSPS) is 11.9. The Labute approximate surface area is 177 Å². The molecule has 1 aromatic rings. The summed E-state index contributed by atoms with van der Waals surface area (Å²) in [4.78, 5) is 21.2. The van der Waals surface area contributed by atoms with Crippen LogP contribution in [0.1, 0.15) is 102 Å². The van der Waals surface area contributed by atoms with Gasteiger partial charge in [-0.05, 0) is 25.0 Å². The van der Waals surface area contributed by atoms with E-state index in [2.05, 4.69) is 6.92 Å². The first kappa shape index (κ1) is 25.9. The third-order valence-electron chi connectivity index (χ3n) is 5.12. The summed E-state index contributed by atoms with van der Waals surface area (Å²) < 4.78 is 5.41. The van der Waals surface area contributed by atoms with Crippen molar-refractivity contribution in [2.24, 2.45) is 0 Å².